The topological polar surface area (TPSA) is 83.5 Å². The Morgan fingerprint density at radius 1 is 1.21 bits per heavy atom. The molecule has 5 nitrogen and oxygen atoms in total. The third-order valence-electron chi connectivity index (χ3n) is 1.25. The second kappa shape index (κ2) is 5.96. The zero-order valence-corrected chi connectivity index (χ0v) is 11.4. The van der Waals surface area contributed by atoms with Crippen molar-refractivity contribution >= 4 is 72.4 Å². The van der Waals surface area contributed by atoms with E-state index in [-0.39, 0.29) is 51.4 Å². The Hall–Kier alpha value is 0.236. The normalized spacial score (nSPS) is 10.1. The van der Waals surface area contributed by atoms with E-state index < -0.39 is 15.4 Å². The van der Waals surface area contributed by atoms with Gasteiger partial charge in [0.1, 0.15) is 0 Å². The summed E-state index contributed by atoms with van der Waals surface area (Å²) in [6, 6.07) is 7.97. The van der Waals surface area contributed by atoms with E-state index in [9.17, 15) is 13.2 Å². The Balaban J connectivity index is 0.00000169. The summed E-state index contributed by atoms with van der Waals surface area (Å²) in [4.78, 5) is 10.7. The molecule has 0 aliphatic carbocycles. The van der Waals surface area contributed by atoms with Crippen molar-refractivity contribution < 1.29 is 17.8 Å². The first-order valence-electron chi connectivity index (χ1n) is 3.33. The van der Waals surface area contributed by atoms with Crippen LogP contribution < -0.4 is 5.32 Å². The van der Waals surface area contributed by atoms with Crippen molar-refractivity contribution in [2.45, 2.75) is 0 Å². The number of hydrogen-bond acceptors (Lipinski definition) is 3. The van der Waals surface area contributed by atoms with Crippen molar-refractivity contribution in [2.75, 3.05) is 5.32 Å². The van der Waals surface area contributed by atoms with Crippen LogP contribution in [0, 0.1) is 0 Å². The van der Waals surface area contributed by atoms with Gasteiger partial charge in [-0.25, -0.2) is 0 Å². The molecular formula is C7H7KNO4S. The van der Waals surface area contributed by atoms with Crippen LogP contribution in [-0.4, -0.2) is 69.6 Å². The molecule has 1 aromatic rings. The van der Waals surface area contributed by atoms with Gasteiger partial charge in [-0.1, -0.05) is 18.2 Å². The first-order chi connectivity index (χ1) is 6.00. The van der Waals surface area contributed by atoms with Gasteiger partial charge < -0.3 is 5.32 Å². The first kappa shape index (κ1) is 14.2. The van der Waals surface area contributed by atoms with Crippen molar-refractivity contribution in [1.29, 1.82) is 0 Å². The van der Waals surface area contributed by atoms with Gasteiger partial charge in [-0.3, -0.25) is 9.35 Å². The van der Waals surface area contributed by atoms with Crippen molar-refractivity contribution in [3.05, 3.63) is 30.3 Å². The van der Waals surface area contributed by atoms with E-state index in [0.29, 0.717) is 5.69 Å². The van der Waals surface area contributed by atoms with Crippen LogP contribution >= 0.6 is 0 Å². The van der Waals surface area contributed by atoms with Crippen molar-refractivity contribution in [2.24, 2.45) is 0 Å². The molecule has 1 aromatic carbocycles. The first-order valence-corrected chi connectivity index (χ1v) is 4.77. The number of carbonyl (C=O) groups is 1. The van der Waals surface area contributed by atoms with Crippen LogP contribution in [-0.2, 0) is 10.1 Å². The van der Waals surface area contributed by atoms with Gasteiger partial charge in [0.2, 0.25) is 0 Å². The van der Waals surface area contributed by atoms with Gasteiger partial charge in [-0.15, -0.1) is 0 Å². The number of rotatable bonds is 1. The molecule has 0 fully saturated rings. The maximum absolute atomic E-state index is 10.7. The van der Waals surface area contributed by atoms with E-state index >= 15 is 0 Å². The number of anilines is 1. The fourth-order valence-electron chi connectivity index (χ4n) is 0.704. The van der Waals surface area contributed by atoms with E-state index in [0.717, 1.165) is 0 Å². The molecule has 0 unspecified atom stereocenters. The minimum absolute atomic E-state index is 0. The van der Waals surface area contributed by atoms with E-state index in [1.807, 2.05) is 5.32 Å². The molecule has 0 saturated carbocycles. The van der Waals surface area contributed by atoms with Crippen molar-refractivity contribution in [3.63, 3.8) is 0 Å². The quantitative estimate of drug-likeness (QED) is 0.560. The van der Waals surface area contributed by atoms with Crippen LogP contribution in [0.4, 0.5) is 10.5 Å². The van der Waals surface area contributed by atoms with E-state index in [2.05, 4.69) is 0 Å². The molecule has 0 aliphatic rings. The third-order valence-corrected chi connectivity index (χ3v) is 1.83. The van der Waals surface area contributed by atoms with Gasteiger partial charge in [0.05, 0.1) is 0 Å². The summed E-state index contributed by atoms with van der Waals surface area (Å²) in [6.07, 6.45) is 0. The monoisotopic (exact) mass is 240 g/mol. The predicted molar refractivity (Wildman–Crippen MR) is 52.8 cm³/mol. The van der Waals surface area contributed by atoms with Crippen LogP contribution in [0.25, 0.3) is 0 Å². The molecule has 0 saturated heterocycles. The molecule has 0 atom stereocenters. The molecule has 71 valence electrons. The van der Waals surface area contributed by atoms with Crippen molar-refractivity contribution in [1.82, 2.24) is 0 Å². The molecule has 7 heteroatoms. The summed E-state index contributed by atoms with van der Waals surface area (Å²) in [6.45, 7) is 0. The van der Waals surface area contributed by atoms with E-state index in [1.54, 1.807) is 18.2 Å². The van der Waals surface area contributed by atoms with Gasteiger partial charge in [0.15, 0.2) is 0 Å². The zero-order chi connectivity index (χ0) is 9.90. The summed E-state index contributed by atoms with van der Waals surface area (Å²) in [5.41, 5.74) is 0.310. The van der Waals surface area contributed by atoms with Crippen LogP contribution in [0.5, 0.6) is 0 Å². The molecule has 1 radical (unpaired) electrons. The maximum atomic E-state index is 10.7. The molecule has 1 amide bonds. The zero-order valence-electron chi connectivity index (χ0n) is 7.47. The largest absolute Gasteiger partial charge is 0.367 e. The molecule has 0 aromatic heterocycles. The fourth-order valence-corrected chi connectivity index (χ4v) is 0.951. The Labute approximate surface area is 124 Å². The smallest absolute Gasteiger partial charge is 0.311 e. The van der Waals surface area contributed by atoms with Crippen LogP contribution in [0.1, 0.15) is 0 Å². The second-order valence-corrected chi connectivity index (χ2v) is 3.57. The number of carbonyl (C=O) groups excluding carboxylic acids is 1. The SMILES string of the molecule is O=C(Nc1ccccc1)S(=O)(=O)O.[K]. The Bertz CT molecular complexity index is 403. The second-order valence-electron chi connectivity index (χ2n) is 2.25. The summed E-state index contributed by atoms with van der Waals surface area (Å²) >= 11 is 0. The number of benzene rings is 1. The Kier molecular flexibility index (Phi) is 6.06. The van der Waals surface area contributed by atoms with E-state index in [1.165, 1.54) is 12.1 Å². The van der Waals surface area contributed by atoms with Gasteiger partial charge in [0, 0.05) is 57.1 Å². The predicted octanol–water partition coefficient (Wildman–Crippen LogP) is 0.726. The Morgan fingerprint density at radius 3 is 2.14 bits per heavy atom. The van der Waals surface area contributed by atoms with Crippen LogP contribution in [0.2, 0.25) is 0 Å². The molecular weight excluding hydrogens is 233 g/mol. The molecule has 2 N–H and O–H groups in total. The standard InChI is InChI=1S/C7H7NO4S.K/c9-7(13(10,11)12)8-6-4-2-1-3-5-6;/h1-5H,(H,8,9)(H,10,11,12);. The molecule has 0 bridgehead atoms. The van der Waals surface area contributed by atoms with E-state index in [4.69, 9.17) is 4.55 Å². The number of amides is 1. The summed E-state index contributed by atoms with van der Waals surface area (Å²) in [5, 5.41) is 0.573. The molecule has 0 heterocycles. The molecule has 1 rings (SSSR count). The average molecular weight is 240 g/mol. The van der Waals surface area contributed by atoms with Gasteiger partial charge >= 0.3 is 15.4 Å². The van der Waals surface area contributed by atoms with Crippen molar-refractivity contribution in [3.8, 4) is 0 Å². The van der Waals surface area contributed by atoms with Crippen LogP contribution in [0.3, 0.4) is 0 Å². The van der Waals surface area contributed by atoms with Gasteiger partial charge in [-0.05, 0) is 12.1 Å². The number of nitrogens with one attached hydrogen (secondary N) is 1. The summed E-state index contributed by atoms with van der Waals surface area (Å²) in [5.74, 6) is 0. The number of para-hydroxylation sites is 1. The third kappa shape index (κ3) is 4.65. The molecule has 0 spiro atoms. The maximum Gasteiger partial charge on any atom is 0.367 e. The van der Waals surface area contributed by atoms with Crippen LogP contribution in [0.15, 0.2) is 30.3 Å². The summed E-state index contributed by atoms with van der Waals surface area (Å²) in [7, 11) is -4.65. The Morgan fingerprint density at radius 2 is 1.71 bits per heavy atom. The van der Waals surface area contributed by atoms with Gasteiger partial charge in [-0.2, -0.15) is 8.42 Å². The fraction of sp³-hybridized carbons (Fsp3) is 0. The minimum Gasteiger partial charge on any atom is -0.311 e. The van der Waals surface area contributed by atoms with Gasteiger partial charge in [0.25, 0.3) is 0 Å². The average Bonchev–Trinajstić information content (AvgIpc) is 2.04. The molecule has 0 aliphatic heterocycles. The summed E-state index contributed by atoms with van der Waals surface area (Å²) < 4.78 is 28.9. The minimum atomic E-state index is -4.65. The number of hydrogen-bond donors (Lipinski definition) is 2. The molecule has 14 heavy (non-hydrogen) atoms.